The Morgan fingerprint density at radius 2 is 2.31 bits per heavy atom. The topological polar surface area (TPSA) is 106 Å². The standard InChI is InChI=1S/C9H11N5O2/c1-5(6-2-11-12-3-6)13-8(15)7-4-10-9(16)14-7/h2-5H,1H3,(H,11,12)(H,13,15)(H2,10,14,16). The van der Waals surface area contributed by atoms with E-state index in [0.29, 0.717) is 0 Å². The van der Waals surface area contributed by atoms with Crippen molar-refractivity contribution in [2.24, 2.45) is 0 Å². The molecule has 2 rings (SSSR count). The van der Waals surface area contributed by atoms with Gasteiger partial charge in [-0.2, -0.15) is 5.10 Å². The second kappa shape index (κ2) is 4.05. The van der Waals surface area contributed by atoms with E-state index >= 15 is 0 Å². The number of aromatic amines is 3. The molecule has 0 saturated carbocycles. The summed E-state index contributed by atoms with van der Waals surface area (Å²) in [4.78, 5) is 27.2. The smallest absolute Gasteiger partial charge is 0.323 e. The minimum Gasteiger partial charge on any atom is -0.344 e. The van der Waals surface area contributed by atoms with Crippen LogP contribution in [0.1, 0.15) is 29.0 Å². The summed E-state index contributed by atoms with van der Waals surface area (Å²) in [6.45, 7) is 1.83. The van der Waals surface area contributed by atoms with Crippen molar-refractivity contribution in [3.8, 4) is 0 Å². The van der Waals surface area contributed by atoms with Gasteiger partial charge in [0.2, 0.25) is 0 Å². The Morgan fingerprint density at radius 3 is 2.88 bits per heavy atom. The van der Waals surface area contributed by atoms with Crippen molar-refractivity contribution in [3.63, 3.8) is 0 Å². The van der Waals surface area contributed by atoms with Gasteiger partial charge in [-0.3, -0.25) is 9.89 Å². The van der Waals surface area contributed by atoms with E-state index in [1.807, 2.05) is 6.92 Å². The van der Waals surface area contributed by atoms with Crippen LogP contribution in [-0.4, -0.2) is 26.1 Å². The molecule has 0 aliphatic carbocycles. The van der Waals surface area contributed by atoms with Crippen molar-refractivity contribution in [1.82, 2.24) is 25.5 Å². The number of H-pyrrole nitrogens is 3. The highest BCUT2D eigenvalue weighted by Gasteiger charge is 2.13. The quantitative estimate of drug-likeness (QED) is 0.582. The molecule has 7 heteroatoms. The highest BCUT2D eigenvalue weighted by molar-refractivity contribution is 5.92. The van der Waals surface area contributed by atoms with Crippen molar-refractivity contribution in [2.45, 2.75) is 13.0 Å². The van der Waals surface area contributed by atoms with E-state index in [1.54, 1.807) is 12.4 Å². The minimum absolute atomic E-state index is 0.176. The number of rotatable bonds is 3. The van der Waals surface area contributed by atoms with Gasteiger partial charge in [-0.15, -0.1) is 0 Å². The number of aromatic nitrogens is 4. The lowest BCUT2D eigenvalue weighted by Crippen LogP contribution is -2.27. The summed E-state index contributed by atoms with van der Waals surface area (Å²) in [6, 6.07) is -0.176. The lowest BCUT2D eigenvalue weighted by molar-refractivity contribution is 0.0935. The number of imidazole rings is 1. The van der Waals surface area contributed by atoms with E-state index in [4.69, 9.17) is 0 Å². The largest absolute Gasteiger partial charge is 0.344 e. The molecule has 0 saturated heterocycles. The molecule has 7 nitrogen and oxygen atoms in total. The van der Waals surface area contributed by atoms with Crippen LogP contribution in [0.25, 0.3) is 0 Å². The van der Waals surface area contributed by atoms with Gasteiger partial charge < -0.3 is 15.3 Å². The molecule has 4 N–H and O–H groups in total. The number of hydrogen-bond donors (Lipinski definition) is 4. The summed E-state index contributed by atoms with van der Waals surface area (Å²) >= 11 is 0. The van der Waals surface area contributed by atoms with E-state index in [0.717, 1.165) is 5.56 Å². The molecule has 0 aliphatic rings. The minimum atomic E-state index is -0.402. The Kier molecular flexibility index (Phi) is 2.59. The molecule has 84 valence electrons. The van der Waals surface area contributed by atoms with Crippen LogP contribution in [0.2, 0.25) is 0 Å². The maximum absolute atomic E-state index is 11.6. The average Bonchev–Trinajstić information content (AvgIpc) is 2.87. The molecule has 1 atom stereocenters. The first-order valence-electron chi connectivity index (χ1n) is 4.74. The second-order valence-electron chi connectivity index (χ2n) is 3.38. The van der Waals surface area contributed by atoms with Crippen LogP contribution >= 0.6 is 0 Å². The Labute approximate surface area is 90.3 Å². The molecule has 16 heavy (non-hydrogen) atoms. The van der Waals surface area contributed by atoms with E-state index in [2.05, 4.69) is 25.5 Å². The third-order valence-electron chi connectivity index (χ3n) is 2.21. The summed E-state index contributed by atoms with van der Waals surface area (Å²) in [5.74, 6) is -0.341. The van der Waals surface area contributed by atoms with Crippen molar-refractivity contribution in [1.29, 1.82) is 0 Å². The van der Waals surface area contributed by atoms with E-state index < -0.39 is 5.69 Å². The van der Waals surface area contributed by atoms with E-state index in [-0.39, 0.29) is 17.6 Å². The van der Waals surface area contributed by atoms with Gasteiger partial charge in [-0.25, -0.2) is 4.79 Å². The zero-order valence-electron chi connectivity index (χ0n) is 8.57. The van der Waals surface area contributed by atoms with Crippen molar-refractivity contribution in [3.05, 3.63) is 40.3 Å². The molecular formula is C9H11N5O2. The molecule has 0 radical (unpaired) electrons. The number of nitrogens with one attached hydrogen (secondary N) is 4. The summed E-state index contributed by atoms with van der Waals surface area (Å²) < 4.78 is 0. The first-order chi connectivity index (χ1) is 7.66. The third-order valence-corrected chi connectivity index (χ3v) is 2.21. The van der Waals surface area contributed by atoms with Crippen molar-refractivity contribution >= 4 is 5.91 Å². The van der Waals surface area contributed by atoms with Crippen LogP contribution < -0.4 is 11.0 Å². The molecule has 0 aromatic carbocycles. The number of hydrogen-bond acceptors (Lipinski definition) is 3. The first kappa shape index (κ1) is 10.2. The van der Waals surface area contributed by atoms with Crippen LogP contribution in [0.5, 0.6) is 0 Å². The lowest BCUT2D eigenvalue weighted by atomic mass is 10.2. The van der Waals surface area contributed by atoms with Crippen LogP contribution in [0.3, 0.4) is 0 Å². The Balaban J connectivity index is 2.05. The molecule has 2 heterocycles. The molecular weight excluding hydrogens is 210 g/mol. The molecule has 1 amide bonds. The Bertz CT molecular complexity index is 524. The number of amides is 1. The summed E-state index contributed by atoms with van der Waals surface area (Å²) in [5.41, 5.74) is 0.674. The van der Waals surface area contributed by atoms with Gasteiger partial charge in [0.05, 0.1) is 12.2 Å². The fourth-order valence-corrected chi connectivity index (χ4v) is 1.31. The second-order valence-corrected chi connectivity index (χ2v) is 3.38. The van der Waals surface area contributed by atoms with Crippen LogP contribution in [0, 0.1) is 0 Å². The van der Waals surface area contributed by atoms with Gasteiger partial charge in [-0.05, 0) is 6.92 Å². The van der Waals surface area contributed by atoms with Crippen molar-refractivity contribution < 1.29 is 4.79 Å². The molecule has 2 aromatic rings. The monoisotopic (exact) mass is 221 g/mol. The highest BCUT2D eigenvalue weighted by Crippen LogP contribution is 2.09. The number of carbonyl (C=O) groups excluding carboxylic acids is 1. The van der Waals surface area contributed by atoms with Crippen LogP contribution in [-0.2, 0) is 0 Å². The maximum Gasteiger partial charge on any atom is 0.323 e. The van der Waals surface area contributed by atoms with Gasteiger partial charge >= 0.3 is 5.69 Å². The molecule has 0 aliphatic heterocycles. The van der Waals surface area contributed by atoms with Crippen LogP contribution in [0.4, 0.5) is 0 Å². The normalized spacial score (nSPS) is 12.3. The number of carbonyl (C=O) groups is 1. The molecule has 2 aromatic heterocycles. The highest BCUT2D eigenvalue weighted by atomic mass is 16.2. The lowest BCUT2D eigenvalue weighted by Gasteiger charge is -2.10. The van der Waals surface area contributed by atoms with Gasteiger partial charge in [0, 0.05) is 18.0 Å². The SMILES string of the molecule is CC(NC(=O)c1c[nH]c(=O)[nH]1)c1cn[nH]c1. The Hall–Kier alpha value is -2.31. The van der Waals surface area contributed by atoms with Gasteiger partial charge in [0.1, 0.15) is 5.69 Å². The summed E-state index contributed by atoms with van der Waals surface area (Å²) in [7, 11) is 0. The van der Waals surface area contributed by atoms with Gasteiger partial charge in [0.15, 0.2) is 0 Å². The summed E-state index contributed by atoms with van der Waals surface area (Å²) in [5, 5.41) is 9.17. The van der Waals surface area contributed by atoms with Crippen LogP contribution in [0.15, 0.2) is 23.4 Å². The molecule has 0 fully saturated rings. The van der Waals surface area contributed by atoms with Gasteiger partial charge in [-0.1, -0.05) is 0 Å². The maximum atomic E-state index is 11.6. The first-order valence-corrected chi connectivity index (χ1v) is 4.74. The predicted octanol–water partition coefficient (Wildman–Crippen LogP) is -0.0829. The number of nitrogens with zero attached hydrogens (tertiary/aromatic N) is 1. The molecule has 0 bridgehead atoms. The van der Waals surface area contributed by atoms with E-state index in [9.17, 15) is 9.59 Å². The predicted molar refractivity (Wildman–Crippen MR) is 55.9 cm³/mol. The van der Waals surface area contributed by atoms with Gasteiger partial charge in [0.25, 0.3) is 5.91 Å². The van der Waals surface area contributed by atoms with E-state index in [1.165, 1.54) is 6.20 Å². The van der Waals surface area contributed by atoms with Crippen molar-refractivity contribution in [2.75, 3.05) is 0 Å². The molecule has 1 unspecified atom stereocenters. The average molecular weight is 221 g/mol. The molecule has 0 spiro atoms. The Morgan fingerprint density at radius 1 is 1.50 bits per heavy atom. The fraction of sp³-hybridized carbons (Fsp3) is 0.222. The fourth-order valence-electron chi connectivity index (χ4n) is 1.31. The summed E-state index contributed by atoms with van der Waals surface area (Å²) in [6.07, 6.45) is 4.66. The zero-order chi connectivity index (χ0) is 11.5. The third kappa shape index (κ3) is 2.02. The zero-order valence-corrected chi connectivity index (χ0v) is 8.57.